The molecule has 2 fully saturated rings. The van der Waals surface area contributed by atoms with Gasteiger partial charge in [0.05, 0.1) is 19.2 Å². The Balaban J connectivity index is 1.55. The molecule has 1 unspecified atom stereocenters. The van der Waals surface area contributed by atoms with Crippen LogP contribution in [0.4, 0.5) is 11.6 Å². The highest BCUT2D eigenvalue weighted by Crippen LogP contribution is 2.37. The van der Waals surface area contributed by atoms with Gasteiger partial charge in [0.15, 0.2) is 0 Å². The van der Waals surface area contributed by atoms with Crippen LogP contribution in [-0.2, 0) is 14.3 Å². The van der Waals surface area contributed by atoms with Crippen LogP contribution in [0.2, 0.25) is 0 Å². The molecule has 2 aliphatic rings. The van der Waals surface area contributed by atoms with Crippen molar-refractivity contribution in [2.75, 3.05) is 64.3 Å². The van der Waals surface area contributed by atoms with E-state index in [0.29, 0.717) is 6.61 Å². The summed E-state index contributed by atoms with van der Waals surface area (Å²) in [5.41, 5.74) is -0.187. The smallest absolute Gasteiger partial charge is 0.248 e. The standard InChI is InChI=1S/C17H27N5O3/c1-20(2)14-7-15(19-12-18-14)22-10-17(11-22)8-13(5-6-25-17)24-9-16(23)21(3)4/h7,12-13H,5-6,8-11H2,1-4H3. The molecule has 138 valence electrons. The van der Waals surface area contributed by atoms with Crippen LogP contribution in [0, 0.1) is 0 Å². The lowest BCUT2D eigenvalue weighted by Gasteiger charge is -2.53. The van der Waals surface area contributed by atoms with Gasteiger partial charge in [-0.2, -0.15) is 0 Å². The Labute approximate surface area is 148 Å². The molecule has 3 rings (SSSR count). The SMILES string of the molecule is CN(C)C(=O)COC1CCOC2(C1)CN(c1cc(N(C)C)ncn1)C2. The zero-order valence-electron chi connectivity index (χ0n) is 15.4. The van der Waals surface area contributed by atoms with E-state index in [1.165, 1.54) is 0 Å². The van der Waals surface area contributed by atoms with Crippen LogP contribution < -0.4 is 9.80 Å². The van der Waals surface area contributed by atoms with Crippen LogP contribution >= 0.6 is 0 Å². The first-order valence-electron chi connectivity index (χ1n) is 8.59. The van der Waals surface area contributed by atoms with Gasteiger partial charge in [0, 0.05) is 47.3 Å². The first kappa shape index (κ1) is 17.9. The quantitative estimate of drug-likeness (QED) is 0.761. The number of nitrogens with zero attached hydrogens (tertiary/aromatic N) is 5. The molecule has 1 aromatic rings. The van der Waals surface area contributed by atoms with Crippen LogP contribution in [0.15, 0.2) is 12.4 Å². The van der Waals surface area contributed by atoms with E-state index >= 15 is 0 Å². The Kier molecular flexibility index (Phi) is 5.10. The molecule has 0 radical (unpaired) electrons. The number of anilines is 2. The van der Waals surface area contributed by atoms with Gasteiger partial charge in [-0.1, -0.05) is 0 Å². The molecule has 8 nitrogen and oxygen atoms in total. The van der Waals surface area contributed by atoms with E-state index in [4.69, 9.17) is 9.47 Å². The predicted octanol–water partition coefficient (Wildman–Crippen LogP) is 0.385. The molecule has 1 aromatic heterocycles. The molecule has 1 atom stereocenters. The van der Waals surface area contributed by atoms with Crippen molar-refractivity contribution < 1.29 is 14.3 Å². The fourth-order valence-electron chi connectivity index (χ4n) is 3.23. The van der Waals surface area contributed by atoms with Crippen LogP contribution in [0.3, 0.4) is 0 Å². The highest BCUT2D eigenvalue weighted by molar-refractivity contribution is 5.76. The summed E-state index contributed by atoms with van der Waals surface area (Å²) in [6, 6.07) is 1.99. The van der Waals surface area contributed by atoms with E-state index in [0.717, 1.165) is 37.6 Å². The van der Waals surface area contributed by atoms with Gasteiger partial charge in [0.1, 0.15) is 30.2 Å². The van der Waals surface area contributed by atoms with Crippen LogP contribution in [0.25, 0.3) is 0 Å². The zero-order chi connectivity index (χ0) is 18.0. The van der Waals surface area contributed by atoms with Crippen LogP contribution in [-0.4, -0.2) is 87.0 Å². The number of hydrogen-bond acceptors (Lipinski definition) is 7. The summed E-state index contributed by atoms with van der Waals surface area (Å²) >= 11 is 0. The number of ether oxygens (including phenoxy) is 2. The summed E-state index contributed by atoms with van der Waals surface area (Å²) in [7, 11) is 7.41. The number of carbonyl (C=O) groups is 1. The Morgan fingerprint density at radius 2 is 2.12 bits per heavy atom. The molecule has 0 saturated carbocycles. The van der Waals surface area contributed by atoms with Crippen molar-refractivity contribution in [1.29, 1.82) is 0 Å². The molecule has 0 aliphatic carbocycles. The largest absolute Gasteiger partial charge is 0.371 e. The van der Waals surface area contributed by atoms with Crippen LogP contribution in [0.5, 0.6) is 0 Å². The van der Waals surface area contributed by atoms with Crippen LogP contribution in [0.1, 0.15) is 12.8 Å². The molecular formula is C17H27N5O3. The summed E-state index contributed by atoms with van der Waals surface area (Å²) in [5, 5.41) is 0. The fourth-order valence-corrected chi connectivity index (χ4v) is 3.23. The molecule has 2 aliphatic heterocycles. The Morgan fingerprint density at radius 3 is 2.80 bits per heavy atom. The van der Waals surface area contributed by atoms with E-state index in [1.54, 1.807) is 25.3 Å². The number of amides is 1. The average Bonchev–Trinajstić information content (AvgIpc) is 2.57. The summed E-state index contributed by atoms with van der Waals surface area (Å²) < 4.78 is 11.9. The molecule has 2 saturated heterocycles. The third-order valence-electron chi connectivity index (χ3n) is 4.77. The minimum Gasteiger partial charge on any atom is -0.371 e. The second-order valence-electron chi connectivity index (χ2n) is 7.23. The monoisotopic (exact) mass is 349 g/mol. The number of likely N-dealkylation sites (N-methyl/N-ethyl adjacent to an activating group) is 1. The lowest BCUT2D eigenvalue weighted by molar-refractivity contribution is -0.156. The Hall–Kier alpha value is -1.93. The molecule has 0 bridgehead atoms. The van der Waals surface area contributed by atoms with Gasteiger partial charge in [-0.3, -0.25) is 4.79 Å². The van der Waals surface area contributed by atoms with Crippen molar-refractivity contribution in [3.63, 3.8) is 0 Å². The normalized spacial score (nSPS) is 21.8. The van der Waals surface area contributed by atoms with Crippen molar-refractivity contribution in [2.24, 2.45) is 0 Å². The lowest BCUT2D eigenvalue weighted by atomic mass is 9.84. The third-order valence-corrected chi connectivity index (χ3v) is 4.77. The maximum absolute atomic E-state index is 11.7. The van der Waals surface area contributed by atoms with E-state index in [2.05, 4.69) is 14.9 Å². The van der Waals surface area contributed by atoms with Crippen molar-refractivity contribution in [1.82, 2.24) is 14.9 Å². The lowest BCUT2D eigenvalue weighted by Crippen LogP contribution is -2.66. The van der Waals surface area contributed by atoms with Crippen molar-refractivity contribution in [3.05, 3.63) is 12.4 Å². The Bertz CT molecular complexity index is 616. The summed E-state index contributed by atoms with van der Waals surface area (Å²) in [4.78, 5) is 26.0. The second-order valence-corrected chi connectivity index (χ2v) is 7.23. The van der Waals surface area contributed by atoms with Gasteiger partial charge < -0.3 is 24.2 Å². The zero-order valence-corrected chi connectivity index (χ0v) is 15.4. The number of aromatic nitrogens is 2. The number of carbonyl (C=O) groups excluding carboxylic acids is 1. The summed E-state index contributed by atoms with van der Waals surface area (Å²) in [6.45, 7) is 2.38. The van der Waals surface area contributed by atoms with Gasteiger partial charge in [-0.15, -0.1) is 0 Å². The summed E-state index contributed by atoms with van der Waals surface area (Å²) in [5.74, 6) is 1.80. The fraction of sp³-hybridized carbons (Fsp3) is 0.706. The maximum Gasteiger partial charge on any atom is 0.248 e. The molecule has 8 heteroatoms. The number of rotatable bonds is 5. The topological polar surface area (TPSA) is 71.0 Å². The van der Waals surface area contributed by atoms with E-state index in [9.17, 15) is 4.79 Å². The maximum atomic E-state index is 11.7. The molecule has 0 N–H and O–H groups in total. The first-order chi connectivity index (χ1) is 11.9. The molecule has 0 aromatic carbocycles. The van der Waals surface area contributed by atoms with E-state index < -0.39 is 0 Å². The Morgan fingerprint density at radius 1 is 1.36 bits per heavy atom. The van der Waals surface area contributed by atoms with Crippen molar-refractivity contribution >= 4 is 17.5 Å². The molecular weight excluding hydrogens is 322 g/mol. The van der Waals surface area contributed by atoms with Gasteiger partial charge in [0.2, 0.25) is 5.91 Å². The third kappa shape index (κ3) is 4.01. The first-order valence-corrected chi connectivity index (χ1v) is 8.59. The predicted molar refractivity (Wildman–Crippen MR) is 94.9 cm³/mol. The molecule has 25 heavy (non-hydrogen) atoms. The van der Waals surface area contributed by atoms with Crippen molar-refractivity contribution in [2.45, 2.75) is 24.5 Å². The van der Waals surface area contributed by atoms with Gasteiger partial charge in [0.25, 0.3) is 0 Å². The number of hydrogen-bond donors (Lipinski definition) is 0. The highest BCUT2D eigenvalue weighted by Gasteiger charge is 2.48. The molecule has 1 amide bonds. The minimum atomic E-state index is -0.187. The van der Waals surface area contributed by atoms with Gasteiger partial charge in [-0.05, 0) is 6.42 Å². The van der Waals surface area contributed by atoms with E-state index in [1.807, 2.05) is 25.1 Å². The van der Waals surface area contributed by atoms with Crippen molar-refractivity contribution in [3.8, 4) is 0 Å². The molecule has 3 heterocycles. The molecule has 1 spiro atoms. The second kappa shape index (κ2) is 7.13. The summed E-state index contributed by atoms with van der Waals surface area (Å²) in [6.07, 6.45) is 3.31. The van der Waals surface area contributed by atoms with Gasteiger partial charge >= 0.3 is 0 Å². The van der Waals surface area contributed by atoms with Gasteiger partial charge in [-0.25, -0.2) is 9.97 Å². The average molecular weight is 349 g/mol. The minimum absolute atomic E-state index is 0.00650. The highest BCUT2D eigenvalue weighted by atomic mass is 16.5. The van der Waals surface area contributed by atoms with E-state index in [-0.39, 0.29) is 24.2 Å².